The molecule has 0 saturated heterocycles. The molecule has 0 heterocycles. The second-order valence-electron chi connectivity index (χ2n) is 7.21. The van der Waals surface area contributed by atoms with E-state index in [2.05, 4.69) is 5.32 Å². The molecule has 166 valence electrons. The Morgan fingerprint density at radius 2 is 1.69 bits per heavy atom. The number of amides is 1. The number of rotatable bonds is 8. The highest BCUT2D eigenvalue weighted by Crippen LogP contribution is 2.33. The average molecular weight is 472 g/mol. The number of carbonyl (C=O) groups is 2. The maximum absolute atomic E-state index is 12.7. The van der Waals surface area contributed by atoms with Gasteiger partial charge in [-0.2, -0.15) is 0 Å². The predicted molar refractivity (Wildman–Crippen MR) is 127 cm³/mol. The highest BCUT2D eigenvalue weighted by molar-refractivity contribution is 6.39. The lowest BCUT2D eigenvalue weighted by atomic mass is 9.93. The molecule has 3 aromatic carbocycles. The maximum atomic E-state index is 12.7. The van der Waals surface area contributed by atoms with Crippen LogP contribution in [0, 0.1) is 0 Å². The van der Waals surface area contributed by atoms with E-state index in [0.29, 0.717) is 0 Å². The highest BCUT2D eigenvalue weighted by Gasteiger charge is 2.24. The van der Waals surface area contributed by atoms with Gasteiger partial charge in [0.25, 0.3) is 5.91 Å². The third kappa shape index (κ3) is 5.23. The number of ether oxygens (including phenoxy) is 1. The Bertz CT molecular complexity index is 1130. The number of aryl methyl sites for hydroxylation is 1. The highest BCUT2D eigenvalue weighted by atomic mass is 35.5. The molecule has 0 radical (unpaired) electrons. The second kappa shape index (κ2) is 10.5. The number of methoxy groups -OCH3 is 1. The summed E-state index contributed by atoms with van der Waals surface area (Å²) in [6, 6.07) is 17.1. The number of carboxylic acid groups (broad SMARTS) is 1. The minimum absolute atomic E-state index is 0.0582. The number of halogens is 2. The van der Waals surface area contributed by atoms with Gasteiger partial charge in [-0.15, -0.1) is 0 Å². The van der Waals surface area contributed by atoms with Gasteiger partial charge in [-0.3, -0.25) is 4.79 Å². The van der Waals surface area contributed by atoms with Crippen LogP contribution in [-0.2, 0) is 17.6 Å². The fourth-order valence-electron chi connectivity index (χ4n) is 3.58. The van der Waals surface area contributed by atoms with Gasteiger partial charge in [-0.25, -0.2) is 4.79 Å². The maximum Gasteiger partial charge on any atom is 0.326 e. The smallest absolute Gasteiger partial charge is 0.326 e. The standard InChI is InChI=1S/C25H23Cl2NO4/c1-3-16-13-15(11-12-17(16)18-7-4-5-10-22(18)32-2)14-21(25(30)31)28-24(29)23-19(26)8-6-9-20(23)27/h4-13,21H,3,14H2,1-2H3,(H,28,29)(H,30,31)/t21-/m0/s1. The zero-order valence-corrected chi connectivity index (χ0v) is 19.2. The van der Waals surface area contributed by atoms with Crippen LogP contribution in [-0.4, -0.2) is 30.1 Å². The van der Waals surface area contributed by atoms with E-state index >= 15 is 0 Å². The summed E-state index contributed by atoms with van der Waals surface area (Å²) < 4.78 is 5.48. The Hall–Kier alpha value is -3.02. The fraction of sp³-hybridized carbons (Fsp3) is 0.200. The molecule has 0 aliphatic heterocycles. The zero-order valence-electron chi connectivity index (χ0n) is 17.7. The number of benzene rings is 3. The zero-order chi connectivity index (χ0) is 23.3. The molecule has 3 rings (SSSR count). The van der Waals surface area contributed by atoms with Crippen molar-refractivity contribution in [2.24, 2.45) is 0 Å². The van der Waals surface area contributed by atoms with Crippen molar-refractivity contribution in [2.45, 2.75) is 25.8 Å². The van der Waals surface area contributed by atoms with Crippen molar-refractivity contribution in [3.8, 4) is 16.9 Å². The quantitative estimate of drug-likeness (QED) is 0.444. The van der Waals surface area contributed by atoms with Gasteiger partial charge in [0.2, 0.25) is 0 Å². The predicted octanol–water partition coefficient (Wildman–Crippen LogP) is 5.66. The summed E-state index contributed by atoms with van der Waals surface area (Å²) in [5, 5.41) is 12.6. The molecule has 0 saturated carbocycles. The van der Waals surface area contributed by atoms with Crippen molar-refractivity contribution < 1.29 is 19.4 Å². The number of nitrogens with one attached hydrogen (secondary N) is 1. The number of aliphatic carboxylic acids is 1. The van der Waals surface area contributed by atoms with Crippen molar-refractivity contribution in [3.63, 3.8) is 0 Å². The fourth-order valence-corrected chi connectivity index (χ4v) is 4.15. The van der Waals surface area contributed by atoms with E-state index in [4.69, 9.17) is 27.9 Å². The van der Waals surface area contributed by atoms with Gasteiger partial charge in [0.1, 0.15) is 11.8 Å². The Morgan fingerprint density at radius 3 is 2.31 bits per heavy atom. The van der Waals surface area contributed by atoms with Crippen molar-refractivity contribution >= 4 is 35.1 Å². The van der Waals surface area contributed by atoms with E-state index in [0.717, 1.165) is 34.4 Å². The lowest BCUT2D eigenvalue weighted by Gasteiger charge is -2.18. The summed E-state index contributed by atoms with van der Waals surface area (Å²) in [6.07, 6.45) is 0.864. The summed E-state index contributed by atoms with van der Waals surface area (Å²) in [7, 11) is 1.63. The summed E-state index contributed by atoms with van der Waals surface area (Å²) in [6.45, 7) is 2.04. The van der Waals surface area contributed by atoms with Crippen LogP contribution in [0.25, 0.3) is 11.1 Å². The molecule has 0 spiro atoms. The van der Waals surface area contributed by atoms with Crippen LogP contribution in [0.2, 0.25) is 10.0 Å². The van der Waals surface area contributed by atoms with Crippen LogP contribution >= 0.6 is 23.2 Å². The van der Waals surface area contributed by atoms with Crippen molar-refractivity contribution in [3.05, 3.63) is 87.4 Å². The first-order chi connectivity index (χ1) is 15.3. The number of carbonyl (C=O) groups excluding carboxylic acids is 1. The van der Waals surface area contributed by atoms with Gasteiger partial charge in [0.05, 0.1) is 22.7 Å². The normalized spacial score (nSPS) is 11.6. The van der Waals surface area contributed by atoms with E-state index in [9.17, 15) is 14.7 Å². The van der Waals surface area contributed by atoms with Crippen molar-refractivity contribution in [1.29, 1.82) is 0 Å². The first-order valence-electron chi connectivity index (χ1n) is 10.1. The molecule has 0 aliphatic carbocycles. The van der Waals surface area contributed by atoms with Crippen molar-refractivity contribution in [2.75, 3.05) is 7.11 Å². The van der Waals surface area contributed by atoms with Gasteiger partial charge >= 0.3 is 5.97 Å². The molecule has 0 bridgehead atoms. The Balaban J connectivity index is 1.87. The first-order valence-corrected chi connectivity index (χ1v) is 10.8. The molecule has 0 aromatic heterocycles. The molecule has 7 heteroatoms. The van der Waals surface area contributed by atoms with E-state index in [1.165, 1.54) is 12.1 Å². The molecule has 2 N–H and O–H groups in total. The number of hydrogen-bond donors (Lipinski definition) is 2. The lowest BCUT2D eigenvalue weighted by Crippen LogP contribution is -2.42. The Labute approximate surface area is 196 Å². The van der Waals surface area contributed by atoms with Gasteiger partial charge in [0, 0.05) is 12.0 Å². The molecule has 0 fully saturated rings. The van der Waals surface area contributed by atoms with Gasteiger partial charge < -0.3 is 15.2 Å². The summed E-state index contributed by atoms with van der Waals surface area (Å²) >= 11 is 12.2. The third-order valence-corrected chi connectivity index (χ3v) is 5.81. The van der Waals surface area contributed by atoms with Crippen LogP contribution in [0.4, 0.5) is 0 Å². The summed E-state index contributed by atoms with van der Waals surface area (Å²) in [5.41, 5.74) is 3.89. The summed E-state index contributed by atoms with van der Waals surface area (Å²) in [4.78, 5) is 24.5. The first kappa shape index (κ1) is 23.6. The molecule has 1 atom stereocenters. The SMILES string of the molecule is CCc1cc(C[C@H](NC(=O)c2c(Cl)cccc2Cl)C(=O)O)ccc1-c1ccccc1OC. The molecule has 5 nitrogen and oxygen atoms in total. The Kier molecular flexibility index (Phi) is 7.78. The molecule has 0 aliphatic rings. The van der Waals surface area contributed by atoms with Gasteiger partial charge in [-0.05, 0) is 41.3 Å². The third-order valence-electron chi connectivity index (χ3n) is 5.18. The van der Waals surface area contributed by atoms with E-state index in [1.807, 2.05) is 49.4 Å². The van der Waals surface area contributed by atoms with Crippen LogP contribution in [0.5, 0.6) is 5.75 Å². The second-order valence-corrected chi connectivity index (χ2v) is 8.02. The summed E-state index contributed by atoms with van der Waals surface area (Å²) in [5.74, 6) is -1.01. The minimum atomic E-state index is -1.15. The van der Waals surface area contributed by atoms with Gasteiger partial charge in [0.15, 0.2) is 0 Å². The van der Waals surface area contributed by atoms with E-state index in [-0.39, 0.29) is 22.0 Å². The van der Waals surface area contributed by atoms with Crippen molar-refractivity contribution in [1.82, 2.24) is 5.32 Å². The lowest BCUT2D eigenvalue weighted by molar-refractivity contribution is -0.139. The van der Waals surface area contributed by atoms with Crippen LogP contribution in [0.15, 0.2) is 60.7 Å². The Morgan fingerprint density at radius 1 is 1.00 bits per heavy atom. The topological polar surface area (TPSA) is 75.6 Å². The molecular weight excluding hydrogens is 449 g/mol. The largest absolute Gasteiger partial charge is 0.496 e. The van der Waals surface area contributed by atoms with Crippen LogP contribution < -0.4 is 10.1 Å². The monoisotopic (exact) mass is 471 g/mol. The molecule has 3 aromatic rings. The number of para-hydroxylation sites is 1. The number of hydrogen-bond acceptors (Lipinski definition) is 3. The van der Waals surface area contributed by atoms with E-state index < -0.39 is 17.9 Å². The minimum Gasteiger partial charge on any atom is -0.496 e. The molecule has 0 unspecified atom stereocenters. The van der Waals surface area contributed by atoms with Crippen LogP contribution in [0.3, 0.4) is 0 Å². The molecular formula is C25H23Cl2NO4. The number of carboxylic acids is 1. The average Bonchev–Trinajstić information content (AvgIpc) is 2.78. The van der Waals surface area contributed by atoms with Crippen LogP contribution in [0.1, 0.15) is 28.4 Å². The van der Waals surface area contributed by atoms with Gasteiger partial charge in [-0.1, -0.05) is 72.6 Å². The molecule has 32 heavy (non-hydrogen) atoms. The van der Waals surface area contributed by atoms with E-state index in [1.54, 1.807) is 13.2 Å². The molecule has 1 amide bonds.